The molecule has 0 aliphatic heterocycles. The zero-order chi connectivity index (χ0) is 11.5. The maximum absolute atomic E-state index is 11.4. The van der Waals surface area contributed by atoms with Gasteiger partial charge >= 0.3 is 0 Å². The number of benzene rings is 1. The zero-order valence-corrected chi connectivity index (χ0v) is 9.32. The van der Waals surface area contributed by atoms with Gasteiger partial charge in [-0.1, -0.05) is 6.07 Å². The van der Waals surface area contributed by atoms with Crippen LogP contribution in [0.2, 0.25) is 0 Å². The van der Waals surface area contributed by atoms with Crippen molar-refractivity contribution in [3.05, 3.63) is 23.8 Å². The van der Waals surface area contributed by atoms with Crippen LogP contribution in [0.15, 0.2) is 18.2 Å². The van der Waals surface area contributed by atoms with Crippen LogP contribution in [-0.4, -0.2) is 18.6 Å². The van der Waals surface area contributed by atoms with Crippen molar-refractivity contribution < 1.29 is 9.53 Å². The maximum atomic E-state index is 11.4. The number of amides is 1. The van der Waals surface area contributed by atoms with Crippen molar-refractivity contribution in [3.8, 4) is 5.75 Å². The monoisotopic (exact) mass is 220 g/mol. The molecule has 3 N–H and O–H groups in total. The molecule has 1 aromatic carbocycles. The van der Waals surface area contributed by atoms with Crippen LogP contribution in [0.4, 0.5) is 5.69 Å². The Hall–Kier alpha value is -1.71. The molecule has 0 radical (unpaired) electrons. The van der Waals surface area contributed by atoms with Gasteiger partial charge in [0.25, 0.3) is 5.91 Å². The predicted molar refractivity (Wildman–Crippen MR) is 62.3 cm³/mol. The van der Waals surface area contributed by atoms with Crippen LogP contribution in [0.5, 0.6) is 5.75 Å². The summed E-state index contributed by atoms with van der Waals surface area (Å²) < 4.78 is 5.37. The number of anilines is 1. The molecule has 1 aliphatic carbocycles. The van der Waals surface area contributed by atoms with Gasteiger partial charge in [0, 0.05) is 6.04 Å². The van der Waals surface area contributed by atoms with Gasteiger partial charge in [-0.2, -0.15) is 0 Å². The summed E-state index contributed by atoms with van der Waals surface area (Å²) in [4.78, 5) is 11.4. The summed E-state index contributed by atoms with van der Waals surface area (Å²) in [6, 6.07) is 5.89. The fraction of sp³-hybridized carbons (Fsp3) is 0.417. The van der Waals surface area contributed by atoms with Crippen molar-refractivity contribution >= 4 is 11.6 Å². The van der Waals surface area contributed by atoms with Crippen molar-refractivity contribution in [3.63, 3.8) is 0 Å². The van der Waals surface area contributed by atoms with Crippen LogP contribution in [-0.2, 0) is 4.79 Å². The lowest BCUT2D eigenvalue weighted by Crippen LogP contribution is -2.30. The molecule has 0 spiro atoms. The minimum Gasteiger partial charge on any atom is -0.482 e. The second kappa shape index (κ2) is 4.43. The van der Waals surface area contributed by atoms with Crippen LogP contribution in [0, 0.1) is 6.92 Å². The van der Waals surface area contributed by atoms with E-state index in [0.717, 1.165) is 18.4 Å². The van der Waals surface area contributed by atoms with E-state index in [2.05, 4.69) is 5.32 Å². The van der Waals surface area contributed by atoms with Crippen LogP contribution in [0.3, 0.4) is 0 Å². The Labute approximate surface area is 94.8 Å². The molecule has 2 rings (SSSR count). The molecular formula is C12H16N2O2. The Bertz CT molecular complexity index is 400. The molecule has 0 bridgehead atoms. The largest absolute Gasteiger partial charge is 0.482 e. The fourth-order valence-electron chi connectivity index (χ4n) is 1.41. The minimum absolute atomic E-state index is 0.0319. The molecule has 4 nitrogen and oxygen atoms in total. The number of ether oxygens (including phenoxy) is 1. The molecule has 1 aromatic rings. The molecule has 0 heterocycles. The lowest BCUT2D eigenvalue weighted by Gasteiger charge is -2.09. The second-order valence-corrected chi connectivity index (χ2v) is 4.17. The highest BCUT2D eigenvalue weighted by molar-refractivity contribution is 5.78. The third-order valence-corrected chi connectivity index (χ3v) is 2.47. The number of nitrogens with two attached hydrogens (primary N) is 1. The van der Waals surface area contributed by atoms with Gasteiger partial charge in [0.2, 0.25) is 0 Å². The van der Waals surface area contributed by atoms with Gasteiger partial charge in [-0.25, -0.2) is 0 Å². The van der Waals surface area contributed by atoms with E-state index >= 15 is 0 Å². The van der Waals surface area contributed by atoms with E-state index in [4.69, 9.17) is 10.5 Å². The predicted octanol–water partition coefficient (Wildman–Crippen LogP) is 1.23. The SMILES string of the molecule is Cc1ccc(N)c(OCC(=O)NC2CC2)c1. The summed E-state index contributed by atoms with van der Waals surface area (Å²) in [6.45, 7) is 1.99. The van der Waals surface area contributed by atoms with E-state index in [1.54, 1.807) is 6.07 Å². The highest BCUT2D eigenvalue weighted by atomic mass is 16.5. The van der Waals surface area contributed by atoms with E-state index in [1.807, 2.05) is 19.1 Å². The van der Waals surface area contributed by atoms with Crippen molar-refractivity contribution in [2.24, 2.45) is 0 Å². The first-order chi connectivity index (χ1) is 7.65. The molecule has 0 atom stereocenters. The molecule has 1 amide bonds. The number of nitrogens with one attached hydrogen (secondary N) is 1. The summed E-state index contributed by atoms with van der Waals surface area (Å²) in [5.74, 6) is 0.495. The van der Waals surface area contributed by atoms with Gasteiger partial charge in [-0.3, -0.25) is 4.79 Å². The Balaban J connectivity index is 1.87. The lowest BCUT2D eigenvalue weighted by atomic mass is 10.2. The minimum atomic E-state index is -0.0802. The number of hydrogen-bond donors (Lipinski definition) is 2. The van der Waals surface area contributed by atoms with Gasteiger partial charge in [0.05, 0.1) is 5.69 Å². The van der Waals surface area contributed by atoms with Crippen molar-refractivity contribution in [1.82, 2.24) is 5.32 Å². The number of carbonyl (C=O) groups excluding carboxylic acids is 1. The highest BCUT2D eigenvalue weighted by Crippen LogP contribution is 2.22. The lowest BCUT2D eigenvalue weighted by molar-refractivity contribution is -0.123. The first kappa shape index (κ1) is 10.8. The average Bonchev–Trinajstić information content (AvgIpc) is 3.03. The van der Waals surface area contributed by atoms with E-state index in [-0.39, 0.29) is 12.5 Å². The third kappa shape index (κ3) is 2.89. The topological polar surface area (TPSA) is 64.3 Å². The first-order valence-corrected chi connectivity index (χ1v) is 5.43. The summed E-state index contributed by atoms with van der Waals surface area (Å²) >= 11 is 0. The van der Waals surface area contributed by atoms with E-state index in [0.29, 0.717) is 17.5 Å². The van der Waals surface area contributed by atoms with Gasteiger partial charge in [-0.15, -0.1) is 0 Å². The van der Waals surface area contributed by atoms with Crippen LogP contribution >= 0.6 is 0 Å². The molecule has 16 heavy (non-hydrogen) atoms. The van der Waals surface area contributed by atoms with Crippen LogP contribution in [0.25, 0.3) is 0 Å². The van der Waals surface area contributed by atoms with Crippen molar-refractivity contribution in [2.75, 3.05) is 12.3 Å². The third-order valence-electron chi connectivity index (χ3n) is 2.47. The molecule has 0 unspecified atom stereocenters. The van der Waals surface area contributed by atoms with Gasteiger partial charge < -0.3 is 15.8 Å². The normalized spacial score (nSPS) is 14.6. The Kier molecular flexibility index (Phi) is 2.99. The molecule has 4 heteroatoms. The smallest absolute Gasteiger partial charge is 0.258 e. The number of carbonyl (C=O) groups is 1. The molecule has 1 fully saturated rings. The molecule has 1 aliphatic rings. The number of aryl methyl sites for hydroxylation is 1. The summed E-state index contributed by atoms with van der Waals surface area (Å²) in [7, 11) is 0. The van der Waals surface area contributed by atoms with Gasteiger partial charge in [0.1, 0.15) is 5.75 Å². The zero-order valence-electron chi connectivity index (χ0n) is 9.32. The summed E-state index contributed by atoms with van der Waals surface area (Å²) in [5, 5.41) is 2.85. The number of hydrogen-bond acceptors (Lipinski definition) is 3. The standard InChI is InChI=1S/C12H16N2O2/c1-8-2-5-10(13)11(6-8)16-7-12(15)14-9-3-4-9/h2,5-6,9H,3-4,7,13H2,1H3,(H,14,15). The van der Waals surface area contributed by atoms with Crippen LogP contribution < -0.4 is 15.8 Å². The molecule has 0 saturated heterocycles. The van der Waals surface area contributed by atoms with Crippen molar-refractivity contribution in [1.29, 1.82) is 0 Å². The number of nitrogen functional groups attached to an aromatic ring is 1. The van der Waals surface area contributed by atoms with E-state index in [9.17, 15) is 4.79 Å². The highest BCUT2D eigenvalue weighted by Gasteiger charge is 2.23. The Morgan fingerprint density at radius 2 is 2.31 bits per heavy atom. The Morgan fingerprint density at radius 1 is 1.56 bits per heavy atom. The fourth-order valence-corrected chi connectivity index (χ4v) is 1.41. The van der Waals surface area contributed by atoms with Gasteiger partial charge in [0.15, 0.2) is 6.61 Å². The quantitative estimate of drug-likeness (QED) is 0.750. The molecule has 0 aromatic heterocycles. The molecular weight excluding hydrogens is 204 g/mol. The van der Waals surface area contributed by atoms with E-state index in [1.165, 1.54) is 0 Å². The first-order valence-electron chi connectivity index (χ1n) is 5.43. The van der Waals surface area contributed by atoms with Gasteiger partial charge in [-0.05, 0) is 37.5 Å². The van der Waals surface area contributed by atoms with Crippen molar-refractivity contribution in [2.45, 2.75) is 25.8 Å². The summed E-state index contributed by atoms with van der Waals surface area (Å²) in [6.07, 6.45) is 2.16. The number of rotatable bonds is 4. The Morgan fingerprint density at radius 3 is 3.00 bits per heavy atom. The summed E-state index contributed by atoms with van der Waals surface area (Å²) in [5.41, 5.74) is 7.35. The van der Waals surface area contributed by atoms with Crippen LogP contribution in [0.1, 0.15) is 18.4 Å². The average molecular weight is 220 g/mol. The second-order valence-electron chi connectivity index (χ2n) is 4.17. The maximum Gasteiger partial charge on any atom is 0.258 e. The molecule has 86 valence electrons. The van der Waals surface area contributed by atoms with E-state index < -0.39 is 0 Å². The molecule has 1 saturated carbocycles.